The Hall–Kier alpha value is -2.01. The van der Waals surface area contributed by atoms with Gasteiger partial charge < -0.3 is 10.5 Å². The summed E-state index contributed by atoms with van der Waals surface area (Å²) in [4.78, 5) is 4.09. The van der Waals surface area contributed by atoms with Crippen molar-refractivity contribution >= 4 is 0 Å². The van der Waals surface area contributed by atoms with Crippen LogP contribution in [-0.2, 0) is 6.42 Å². The van der Waals surface area contributed by atoms with Crippen molar-refractivity contribution in [2.24, 2.45) is 5.73 Å². The largest absolute Gasteiger partial charge is 0.436 e. The molecule has 0 radical (unpaired) electrons. The van der Waals surface area contributed by atoms with Gasteiger partial charge in [-0.25, -0.2) is 13.8 Å². The van der Waals surface area contributed by atoms with Gasteiger partial charge >= 0.3 is 0 Å². The van der Waals surface area contributed by atoms with Crippen LogP contribution in [0, 0.1) is 11.6 Å². The van der Waals surface area contributed by atoms with Gasteiger partial charge in [0.05, 0.1) is 0 Å². The molecule has 1 heterocycles. The predicted molar refractivity (Wildman–Crippen MR) is 72.6 cm³/mol. The van der Waals surface area contributed by atoms with Crippen LogP contribution in [0.25, 0.3) is 0 Å². The fraction of sp³-hybridized carbons (Fsp3) is 0.267. The summed E-state index contributed by atoms with van der Waals surface area (Å²) in [6, 6.07) is 6.74. The monoisotopic (exact) mass is 278 g/mol. The molecule has 0 amide bonds. The van der Waals surface area contributed by atoms with Crippen LogP contribution in [0.3, 0.4) is 0 Å². The molecule has 0 aliphatic carbocycles. The minimum absolute atomic E-state index is 0.0142. The number of hydrogen-bond donors (Lipinski definition) is 1. The summed E-state index contributed by atoms with van der Waals surface area (Å²) in [6.45, 7) is 1.99. The van der Waals surface area contributed by atoms with Gasteiger partial charge in [-0.3, -0.25) is 0 Å². The molecule has 1 aromatic carbocycles. The fourth-order valence-electron chi connectivity index (χ4n) is 1.76. The summed E-state index contributed by atoms with van der Waals surface area (Å²) in [5.41, 5.74) is 6.71. The van der Waals surface area contributed by atoms with Gasteiger partial charge in [-0.15, -0.1) is 0 Å². The third kappa shape index (κ3) is 3.51. The van der Waals surface area contributed by atoms with E-state index in [0.29, 0.717) is 12.3 Å². The van der Waals surface area contributed by atoms with E-state index < -0.39 is 11.6 Å². The molecule has 2 N–H and O–H groups in total. The van der Waals surface area contributed by atoms with E-state index in [0.717, 1.165) is 24.1 Å². The Morgan fingerprint density at radius 1 is 1.30 bits per heavy atom. The number of ether oxygens (including phenoxy) is 1. The van der Waals surface area contributed by atoms with Crippen molar-refractivity contribution in [1.82, 2.24) is 4.98 Å². The average molecular weight is 278 g/mol. The molecule has 0 bridgehead atoms. The maximum atomic E-state index is 13.6. The molecule has 1 unspecified atom stereocenters. The van der Waals surface area contributed by atoms with E-state index >= 15 is 0 Å². The molecule has 0 aliphatic heterocycles. The Bertz CT molecular complexity index is 590. The SMILES string of the molecule is CCC(N)Cc1cccnc1Oc1ccc(F)cc1F. The van der Waals surface area contributed by atoms with Gasteiger partial charge in [0.2, 0.25) is 5.88 Å². The van der Waals surface area contributed by atoms with E-state index in [-0.39, 0.29) is 11.8 Å². The first kappa shape index (κ1) is 14.4. The molecule has 0 aliphatic rings. The Labute approximate surface area is 116 Å². The van der Waals surface area contributed by atoms with Crippen LogP contribution < -0.4 is 10.5 Å². The smallest absolute Gasteiger partial charge is 0.222 e. The normalized spacial score (nSPS) is 12.2. The highest BCUT2D eigenvalue weighted by Gasteiger charge is 2.12. The summed E-state index contributed by atoms with van der Waals surface area (Å²) in [7, 11) is 0. The van der Waals surface area contributed by atoms with E-state index in [1.807, 2.05) is 13.0 Å². The third-order valence-electron chi connectivity index (χ3n) is 2.96. The highest BCUT2D eigenvalue weighted by atomic mass is 19.1. The second-order valence-corrected chi connectivity index (χ2v) is 4.52. The maximum absolute atomic E-state index is 13.6. The number of halogens is 2. The predicted octanol–water partition coefficient (Wildman–Crippen LogP) is 3.43. The molecule has 0 saturated carbocycles. The third-order valence-corrected chi connectivity index (χ3v) is 2.96. The van der Waals surface area contributed by atoms with Crippen LogP contribution in [-0.4, -0.2) is 11.0 Å². The number of nitrogens with two attached hydrogens (primary N) is 1. The molecular weight excluding hydrogens is 262 g/mol. The van der Waals surface area contributed by atoms with E-state index in [1.165, 1.54) is 6.07 Å². The van der Waals surface area contributed by atoms with Crippen LogP contribution in [0.5, 0.6) is 11.6 Å². The van der Waals surface area contributed by atoms with Gasteiger partial charge in [0.15, 0.2) is 11.6 Å². The topological polar surface area (TPSA) is 48.1 Å². The van der Waals surface area contributed by atoms with Crippen LogP contribution in [0.1, 0.15) is 18.9 Å². The van der Waals surface area contributed by atoms with E-state index in [9.17, 15) is 8.78 Å². The van der Waals surface area contributed by atoms with Crippen LogP contribution in [0.4, 0.5) is 8.78 Å². The molecular formula is C15H16F2N2O. The Morgan fingerprint density at radius 3 is 2.80 bits per heavy atom. The first-order valence-corrected chi connectivity index (χ1v) is 6.42. The van der Waals surface area contributed by atoms with E-state index in [4.69, 9.17) is 10.5 Å². The molecule has 5 heteroatoms. The Balaban J connectivity index is 2.24. The van der Waals surface area contributed by atoms with Crippen molar-refractivity contribution in [2.45, 2.75) is 25.8 Å². The van der Waals surface area contributed by atoms with Gasteiger partial charge in [-0.2, -0.15) is 0 Å². The maximum Gasteiger partial charge on any atom is 0.222 e. The molecule has 3 nitrogen and oxygen atoms in total. The van der Waals surface area contributed by atoms with Crippen LogP contribution in [0.2, 0.25) is 0 Å². The quantitative estimate of drug-likeness (QED) is 0.911. The zero-order chi connectivity index (χ0) is 14.5. The number of hydrogen-bond acceptors (Lipinski definition) is 3. The summed E-state index contributed by atoms with van der Waals surface area (Å²) < 4.78 is 31.9. The van der Waals surface area contributed by atoms with Crippen LogP contribution >= 0.6 is 0 Å². The van der Waals surface area contributed by atoms with Gasteiger partial charge in [-0.05, 0) is 31.0 Å². The lowest BCUT2D eigenvalue weighted by Crippen LogP contribution is -2.21. The minimum Gasteiger partial charge on any atom is -0.436 e. The Morgan fingerprint density at radius 2 is 2.10 bits per heavy atom. The number of rotatable bonds is 5. The van der Waals surface area contributed by atoms with Gasteiger partial charge in [0, 0.05) is 23.9 Å². The fourth-order valence-corrected chi connectivity index (χ4v) is 1.76. The molecule has 1 atom stereocenters. The zero-order valence-corrected chi connectivity index (χ0v) is 11.1. The van der Waals surface area contributed by atoms with Crippen molar-refractivity contribution in [3.05, 3.63) is 53.7 Å². The number of pyridine rings is 1. The molecule has 2 aromatic rings. The first-order valence-electron chi connectivity index (χ1n) is 6.42. The van der Waals surface area contributed by atoms with Crippen molar-refractivity contribution in [2.75, 3.05) is 0 Å². The second-order valence-electron chi connectivity index (χ2n) is 4.52. The lowest BCUT2D eigenvalue weighted by Gasteiger charge is -2.13. The van der Waals surface area contributed by atoms with E-state index in [2.05, 4.69) is 4.98 Å². The summed E-state index contributed by atoms with van der Waals surface area (Å²) in [5, 5.41) is 0. The lowest BCUT2D eigenvalue weighted by atomic mass is 10.1. The molecule has 0 fully saturated rings. The van der Waals surface area contributed by atoms with Crippen molar-refractivity contribution < 1.29 is 13.5 Å². The van der Waals surface area contributed by atoms with Crippen molar-refractivity contribution in [3.8, 4) is 11.6 Å². The van der Waals surface area contributed by atoms with Gasteiger partial charge in [-0.1, -0.05) is 13.0 Å². The molecule has 2 rings (SSSR count). The summed E-state index contributed by atoms with van der Waals surface area (Å²) >= 11 is 0. The highest BCUT2D eigenvalue weighted by molar-refractivity contribution is 5.33. The molecule has 106 valence electrons. The van der Waals surface area contributed by atoms with Crippen LogP contribution in [0.15, 0.2) is 36.5 Å². The summed E-state index contributed by atoms with van der Waals surface area (Å²) in [6.07, 6.45) is 2.96. The van der Waals surface area contributed by atoms with Gasteiger partial charge in [0.1, 0.15) is 5.82 Å². The zero-order valence-electron chi connectivity index (χ0n) is 11.1. The molecule has 20 heavy (non-hydrogen) atoms. The molecule has 1 aromatic heterocycles. The number of nitrogens with zero attached hydrogens (tertiary/aromatic N) is 1. The number of benzene rings is 1. The molecule has 0 spiro atoms. The Kier molecular flexibility index (Phi) is 4.63. The minimum atomic E-state index is -0.763. The second kappa shape index (κ2) is 6.43. The molecule has 0 saturated heterocycles. The highest BCUT2D eigenvalue weighted by Crippen LogP contribution is 2.26. The van der Waals surface area contributed by atoms with Crippen molar-refractivity contribution in [3.63, 3.8) is 0 Å². The summed E-state index contributed by atoms with van der Waals surface area (Å²) in [5.74, 6) is -1.18. The average Bonchev–Trinajstić information content (AvgIpc) is 2.43. The van der Waals surface area contributed by atoms with Gasteiger partial charge in [0.25, 0.3) is 0 Å². The standard InChI is InChI=1S/C15H16F2N2O/c1-2-12(18)8-10-4-3-7-19-15(10)20-14-6-5-11(16)9-13(14)17/h3-7,9,12H,2,8,18H2,1H3. The lowest BCUT2D eigenvalue weighted by molar-refractivity contribution is 0.417. The van der Waals surface area contributed by atoms with Crippen molar-refractivity contribution in [1.29, 1.82) is 0 Å². The number of aromatic nitrogens is 1. The van der Waals surface area contributed by atoms with E-state index in [1.54, 1.807) is 12.3 Å². The first-order chi connectivity index (χ1) is 9.60.